The molecule has 2 aromatic carbocycles. The molecule has 23 heavy (non-hydrogen) atoms. The third kappa shape index (κ3) is 3.35. The van der Waals surface area contributed by atoms with E-state index in [1.165, 1.54) is 0 Å². The fraction of sp³-hybridized carbons (Fsp3) is 0.263. The zero-order chi connectivity index (χ0) is 16.4. The molecule has 4 nitrogen and oxygen atoms in total. The second-order valence-corrected chi connectivity index (χ2v) is 5.96. The Balaban J connectivity index is 1.58. The van der Waals surface area contributed by atoms with E-state index in [0.29, 0.717) is 18.7 Å². The van der Waals surface area contributed by atoms with Gasteiger partial charge in [0.25, 0.3) is 5.91 Å². The predicted octanol–water partition coefficient (Wildman–Crippen LogP) is 3.08. The molecule has 116 valence electrons. The molecule has 1 fully saturated rings. The Morgan fingerprint density at radius 2 is 1.74 bits per heavy atom. The SMILES string of the molecule is Cc1cc(C)cc(C(=O)N2CC(Oc3ccc(C#N)cc3)C2)c1. The summed E-state index contributed by atoms with van der Waals surface area (Å²) in [6.07, 6.45) is 0.0118. The fourth-order valence-electron chi connectivity index (χ4n) is 2.76. The van der Waals surface area contributed by atoms with E-state index in [4.69, 9.17) is 10.00 Å². The van der Waals surface area contributed by atoms with Crippen molar-refractivity contribution >= 4 is 5.91 Å². The van der Waals surface area contributed by atoms with Gasteiger partial charge in [0, 0.05) is 5.56 Å². The van der Waals surface area contributed by atoms with Gasteiger partial charge in [-0.2, -0.15) is 5.26 Å². The zero-order valence-electron chi connectivity index (χ0n) is 13.2. The van der Waals surface area contributed by atoms with Crippen LogP contribution in [0.25, 0.3) is 0 Å². The molecule has 0 aliphatic carbocycles. The minimum absolute atomic E-state index is 0.0118. The summed E-state index contributed by atoms with van der Waals surface area (Å²) in [5.41, 5.74) is 3.54. The second kappa shape index (κ2) is 6.13. The molecule has 0 bridgehead atoms. The van der Waals surface area contributed by atoms with E-state index in [2.05, 4.69) is 12.1 Å². The van der Waals surface area contributed by atoms with Gasteiger partial charge in [0.1, 0.15) is 11.9 Å². The first kappa shape index (κ1) is 15.1. The van der Waals surface area contributed by atoms with Crippen LogP contribution in [0.1, 0.15) is 27.0 Å². The molecule has 0 saturated carbocycles. The van der Waals surface area contributed by atoms with Crippen LogP contribution in [0.3, 0.4) is 0 Å². The van der Waals surface area contributed by atoms with Crippen molar-refractivity contribution in [2.24, 2.45) is 0 Å². The summed E-state index contributed by atoms with van der Waals surface area (Å²) < 4.78 is 5.81. The maximum absolute atomic E-state index is 12.4. The lowest BCUT2D eigenvalue weighted by Crippen LogP contribution is -2.56. The van der Waals surface area contributed by atoms with Crippen molar-refractivity contribution in [2.75, 3.05) is 13.1 Å². The fourth-order valence-corrected chi connectivity index (χ4v) is 2.76. The lowest BCUT2D eigenvalue weighted by atomic mass is 10.0. The van der Waals surface area contributed by atoms with Crippen LogP contribution >= 0.6 is 0 Å². The number of likely N-dealkylation sites (tertiary alicyclic amines) is 1. The topological polar surface area (TPSA) is 53.3 Å². The van der Waals surface area contributed by atoms with E-state index < -0.39 is 0 Å². The van der Waals surface area contributed by atoms with Gasteiger partial charge >= 0.3 is 0 Å². The molecule has 0 aromatic heterocycles. The Morgan fingerprint density at radius 1 is 1.13 bits per heavy atom. The van der Waals surface area contributed by atoms with Crippen LogP contribution in [0.2, 0.25) is 0 Å². The van der Waals surface area contributed by atoms with Crippen molar-refractivity contribution in [1.82, 2.24) is 4.90 Å². The summed E-state index contributed by atoms with van der Waals surface area (Å²) in [5, 5.41) is 8.78. The molecule has 1 aliphatic heterocycles. The highest BCUT2D eigenvalue weighted by molar-refractivity contribution is 5.95. The van der Waals surface area contributed by atoms with Gasteiger partial charge in [0.2, 0.25) is 0 Å². The van der Waals surface area contributed by atoms with Crippen LogP contribution in [0.4, 0.5) is 0 Å². The van der Waals surface area contributed by atoms with Crippen LogP contribution < -0.4 is 4.74 Å². The number of hydrogen-bond acceptors (Lipinski definition) is 3. The Kier molecular flexibility index (Phi) is 4.03. The number of rotatable bonds is 3. The molecule has 1 heterocycles. The Labute approximate surface area is 135 Å². The summed E-state index contributed by atoms with van der Waals surface area (Å²) in [7, 11) is 0. The highest BCUT2D eigenvalue weighted by Gasteiger charge is 2.32. The van der Waals surface area contributed by atoms with Crippen LogP contribution in [-0.4, -0.2) is 30.0 Å². The van der Waals surface area contributed by atoms with Gasteiger partial charge in [-0.3, -0.25) is 4.79 Å². The predicted molar refractivity (Wildman–Crippen MR) is 87.4 cm³/mol. The van der Waals surface area contributed by atoms with Crippen molar-refractivity contribution in [2.45, 2.75) is 20.0 Å². The first-order valence-corrected chi connectivity index (χ1v) is 7.59. The Bertz CT molecular complexity index is 749. The van der Waals surface area contributed by atoms with Gasteiger partial charge in [-0.05, 0) is 50.2 Å². The minimum Gasteiger partial charge on any atom is -0.487 e. The molecule has 1 aliphatic rings. The molecule has 3 rings (SSSR count). The first-order valence-electron chi connectivity index (χ1n) is 7.59. The molecular weight excluding hydrogens is 288 g/mol. The Hall–Kier alpha value is -2.80. The van der Waals surface area contributed by atoms with Gasteiger partial charge in [0.05, 0.1) is 24.7 Å². The van der Waals surface area contributed by atoms with Crippen LogP contribution in [0.5, 0.6) is 5.75 Å². The monoisotopic (exact) mass is 306 g/mol. The van der Waals surface area contributed by atoms with Crippen LogP contribution in [0, 0.1) is 25.2 Å². The zero-order valence-corrected chi connectivity index (χ0v) is 13.2. The average Bonchev–Trinajstić information content (AvgIpc) is 2.49. The standard InChI is InChI=1S/C19H18N2O2/c1-13-7-14(2)9-16(8-13)19(22)21-11-18(12-21)23-17-5-3-15(10-20)4-6-17/h3-9,18H,11-12H2,1-2H3. The number of nitrogens with zero attached hydrogens (tertiary/aromatic N) is 2. The second-order valence-electron chi connectivity index (χ2n) is 5.96. The van der Waals surface area contributed by atoms with Crippen LogP contribution in [-0.2, 0) is 0 Å². The molecule has 1 saturated heterocycles. The number of benzene rings is 2. The number of nitriles is 1. The van der Waals surface area contributed by atoms with E-state index >= 15 is 0 Å². The quantitative estimate of drug-likeness (QED) is 0.875. The van der Waals surface area contributed by atoms with Crippen molar-refractivity contribution < 1.29 is 9.53 Å². The largest absolute Gasteiger partial charge is 0.487 e. The smallest absolute Gasteiger partial charge is 0.254 e. The third-order valence-corrected chi connectivity index (χ3v) is 3.89. The molecule has 2 aromatic rings. The average molecular weight is 306 g/mol. The maximum atomic E-state index is 12.4. The lowest BCUT2D eigenvalue weighted by Gasteiger charge is -2.39. The van der Waals surface area contributed by atoms with E-state index in [0.717, 1.165) is 22.4 Å². The van der Waals surface area contributed by atoms with Gasteiger partial charge < -0.3 is 9.64 Å². The van der Waals surface area contributed by atoms with Crippen molar-refractivity contribution in [3.05, 3.63) is 64.7 Å². The number of ether oxygens (including phenoxy) is 1. The molecule has 0 N–H and O–H groups in total. The summed E-state index contributed by atoms with van der Waals surface area (Å²) >= 11 is 0. The first-order chi connectivity index (χ1) is 11.0. The maximum Gasteiger partial charge on any atom is 0.254 e. The van der Waals surface area contributed by atoms with Crippen LogP contribution in [0.15, 0.2) is 42.5 Å². The summed E-state index contributed by atoms with van der Waals surface area (Å²) in [6, 6.07) is 15.0. The van der Waals surface area contributed by atoms with E-state index in [-0.39, 0.29) is 12.0 Å². The molecule has 0 atom stereocenters. The normalized spacial score (nSPS) is 14.0. The molecule has 0 unspecified atom stereocenters. The minimum atomic E-state index is 0.0118. The number of aryl methyl sites for hydroxylation is 2. The van der Waals surface area contributed by atoms with Crippen molar-refractivity contribution in [1.29, 1.82) is 5.26 Å². The number of hydrogen-bond donors (Lipinski definition) is 0. The van der Waals surface area contributed by atoms with Gasteiger partial charge in [-0.15, -0.1) is 0 Å². The molecule has 1 amide bonds. The number of carbonyl (C=O) groups is 1. The van der Waals surface area contributed by atoms with Crippen molar-refractivity contribution in [3.8, 4) is 11.8 Å². The highest BCUT2D eigenvalue weighted by Crippen LogP contribution is 2.21. The van der Waals surface area contributed by atoms with E-state index in [9.17, 15) is 4.79 Å². The van der Waals surface area contributed by atoms with Gasteiger partial charge in [-0.1, -0.05) is 17.2 Å². The highest BCUT2D eigenvalue weighted by atomic mass is 16.5. The van der Waals surface area contributed by atoms with Gasteiger partial charge in [-0.25, -0.2) is 0 Å². The van der Waals surface area contributed by atoms with E-state index in [1.807, 2.05) is 26.0 Å². The van der Waals surface area contributed by atoms with Crippen molar-refractivity contribution in [3.63, 3.8) is 0 Å². The third-order valence-electron chi connectivity index (χ3n) is 3.89. The van der Waals surface area contributed by atoms with E-state index in [1.54, 1.807) is 29.2 Å². The molecule has 0 radical (unpaired) electrons. The Morgan fingerprint density at radius 3 is 2.30 bits per heavy atom. The summed E-state index contributed by atoms with van der Waals surface area (Å²) in [6.45, 7) is 5.17. The molecule has 4 heteroatoms. The molecular formula is C19H18N2O2. The summed E-state index contributed by atoms with van der Waals surface area (Å²) in [4.78, 5) is 14.2. The lowest BCUT2D eigenvalue weighted by molar-refractivity contribution is 0.0178. The molecule has 0 spiro atoms. The number of amides is 1. The van der Waals surface area contributed by atoms with Gasteiger partial charge in [0.15, 0.2) is 0 Å². The number of carbonyl (C=O) groups excluding carboxylic acids is 1. The summed E-state index contributed by atoms with van der Waals surface area (Å²) in [5.74, 6) is 0.781.